The highest BCUT2D eigenvalue weighted by molar-refractivity contribution is 7.89. The van der Waals surface area contributed by atoms with E-state index in [1.807, 2.05) is 6.07 Å². The number of ether oxygens (including phenoxy) is 2. The van der Waals surface area contributed by atoms with Crippen LogP contribution >= 0.6 is 0 Å². The lowest BCUT2D eigenvalue weighted by Gasteiger charge is -2.26. The van der Waals surface area contributed by atoms with Crippen LogP contribution < -0.4 is 15.8 Å². The van der Waals surface area contributed by atoms with E-state index in [9.17, 15) is 23.1 Å². The predicted octanol–water partition coefficient (Wildman–Crippen LogP) is 2.66. The number of guanidine groups is 1. The average molecular weight is 521 g/mol. The van der Waals surface area contributed by atoms with E-state index >= 15 is 0 Å². The Hall–Kier alpha value is -3.80. The Balaban J connectivity index is 2.10. The first kappa shape index (κ1) is 28.4. The molecule has 0 aromatic heterocycles. The Morgan fingerprint density at radius 3 is 2.36 bits per heavy atom. The summed E-state index contributed by atoms with van der Waals surface area (Å²) < 4.78 is 37.9. The van der Waals surface area contributed by atoms with Crippen molar-refractivity contribution < 1.29 is 32.6 Å². The van der Waals surface area contributed by atoms with Crippen molar-refractivity contribution in [2.24, 2.45) is 5.73 Å². The number of carbonyl (C=O) groups excluding carboxylic acids is 1. The largest absolute Gasteiger partial charge is 0.496 e. The number of methoxy groups -OCH3 is 1. The summed E-state index contributed by atoms with van der Waals surface area (Å²) in [5, 5.41) is 19.6. The van der Waals surface area contributed by atoms with Gasteiger partial charge in [0.15, 0.2) is 0 Å². The fourth-order valence-corrected chi connectivity index (χ4v) is 5.57. The third kappa shape index (κ3) is 6.87. The second-order valence-electron chi connectivity index (χ2n) is 8.18. The Morgan fingerprint density at radius 2 is 1.81 bits per heavy atom. The van der Waals surface area contributed by atoms with Gasteiger partial charge in [-0.1, -0.05) is 30.3 Å². The summed E-state index contributed by atoms with van der Waals surface area (Å²) in [6.07, 6.45) is -1.03. The van der Waals surface area contributed by atoms with Crippen LogP contribution in [0, 0.1) is 26.2 Å². The van der Waals surface area contributed by atoms with E-state index in [1.54, 1.807) is 51.1 Å². The van der Waals surface area contributed by atoms with Crippen LogP contribution in [0.2, 0.25) is 0 Å². The lowest BCUT2D eigenvalue weighted by atomic mass is 10.1. The van der Waals surface area contributed by atoms with Gasteiger partial charge in [0.05, 0.1) is 12.0 Å². The highest BCUT2D eigenvalue weighted by Crippen LogP contribution is 2.32. The lowest BCUT2D eigenvalue weighted by molar-refractivity contribution is -0.139. The van der Waals surface area contributed by atoms with Crippen molar-refractivity contribution in [3.8, 4) is 5.75 Å². The van der Waals surface area contributed by atoms with Gasteiger partial charge < -0.3 is 25.6 Å². The molecule has 1 unspecified atom stereocenters. The van der Waals surface area contributed by atoms with Crippen molar-refractivity contribution >= 4 is 28.0 Å². The van der Waals surface area contributed by atoms with E-state index in [4.69, 9.17) is 20.6 Å². The number of carboxylic acid groups (broad SMARTS) is 1. The number of rotatable bonds is 11. The number of carbonyl (C=O) groups is 2. The van der Waals surface area contributed by atoms with Crippen molar-refractivity contribution in [2.75, 3.05) is 13.7 Å². The van der Waals surface area contributed by atoms with Crippen LogP contribution in [0.4, 0.5) is 4.79 Å². The minimum Gasteiger partial charge on any atom is -0.496 e. The van der Waals surface area contributed by atoms with Gasteiger partial charge in [-0.3, -0.25) is 5.41 Å². The Morgan fingerprint density at radius 1 is 1.17 bits per heavy atom. The molecular formula is C24H32N4O7S. The first-order valence-corrected chi connectivity index (χ1v) is 12.6. The maximum atomic E-state index is 13.4. The fourth-order valence-electron chi connectivity index (χ4n) is 3.71. The van der Waals surface area contributed by atoms with Crippen molar-refractivity contribution in [1.82, 2.24) is 9.62 Å². The number of aryl methyl sites for hydroxylation is 1. The molecule has 1 amide bonds. The molecule has 0 aliphatic rings. The number of hydrogen-bond donors (Lipinski definition) is 4. The number of amides is 1. The quantitative estimate of drug-likeness (QED) is 0.258. The molecule has 12 heteroatoms. The van der Waals surface area contributed by atoms with Gasteiger partial charge in [-0.2, -0.15) is 0 Å². The summed E-state index contributed by atoms with van der Waals surface area (Å²) in [4.78, 5) is 23.7. The SMILES string of the molecule is COc1cc(C)c(S(=O)(=O)N(CCCC(NC(=O)OCc2ccccc2)C(=O)O)C(=N)N)c(C)c1C. The molecule has 0 aliphatic carbocycles. The summed E-state index contributed by atoms with van der Waals surface area (Å²) in [6.45, 7) is 4.69. The van der Waals surface area contributed by atoms with Crippen LogP contribution in [-0.4, -0.2) is 55.5 Å². The van der Waals surface area contributed by atoms with E-state index in [2.05, 4.69) is 5.32 Å². The lowest BCUT2D eigenvalue weighted by Crippen LogP contribution is -2.44. The molecule has 36 heavy (non-hydrogen) atoms. The summed E-state index contributed by atoms with van der Waals surface area (Å²) in [7, 11) is -2.73. The van der Waals surface area contributed by atoms with E-state index in [0.29, 0.717) is 22.4 Å². The number of sulfonamides is 1. The Kier molecular flexibility index (Phi) is 9.68. The second-order valence-corrected chi connectivity index (χ2v) is 9.98. The molecule has 0 bridgehead atoms. The smallest absolute Gasteiger partial charge is 0.408 e. The standard InChI is InChI=1S/C24H32N4O7S/c1-15-13-20(34-4)16(2)17(3)21(15)36(32,33)28(23(25)26)12-8-11-19(22(29)30)27-24(31)35-14-18-9-6-5-7-10-18/h5-7,9-10,13,19H,8,11-12,14H2,1-4H3,(H3,25,26)(H,27,31)(H,29,30). The topological polar surface area (TPSA) is 172 Å². The maximum Gasteiger partial charge on any atom is 0.408 e. The van der Waals surface area contributed by atoms with E-state index < -0.39 is 34.1 Å². The molecular weight excluding hydrogens is 488 g/mol. The van der Waals surface area contributed by atoms with Crippen LogP contribution in [0.1, 0.15) is 35.1 Å². The number of nitrogens with two attached hydrogens (primary N) is 1. The van der Waals surface area contributed by atoms with E-state index in [1.165, 1.54) is 7.11 Å². The molecule has 0 radical (unpaired) electrons. The Bertz CT molecular complexity index is 1220. The van der Waals surface area contributed by atoms with Gasteiger partial charge in [0.2, 0.25) is 5.96 Å². The number of benzene rings is 2. The molecule has 5 N–H and O–H groups in total. The summed E-state index contributed by atoms with van der Waals surface area (Å²) in [5.74, 6) is -1.47. The minimum atomic E-state index is -4.22. The Labute approximate surface area is 210 Å². The molecule has 0 aliphatic heterocycles. The molecule has 0 saturated heterocycles. The molecule has 2 rings (SSSR count). The van der Waals surface area contributed by atoms with Crippen molar-refractivity contribution in [3.05, 3.63) is 58.7 Å². The zero-order chi connectivity index (χ0) is 27.0. The third-order valence-corrected chi connectivity index (χ3v) is 7.78. The molecule has 2 aromatic rings. The molecule has 2 aromatic carbocycles. The van der Waals surface area contributed by atoms with Crippen LogP contribution in [0.25, 0.3) is 0 Å². The molecule has 0 fully saturated rings. The molecule has 11 nitrogen and oxygen atoms in total. The number of nitrogens with zero attached hydrogens (tertiary/aromatic N) is 1. The van der Waals surface area contributed by atoms with Gasteiger partial charge in [-0.15, -0.1) is 0 Å². The number of nitrogens with one attached hydrogen (secondary N) is 2. The fraction of sp³-hybridized carbons (Fsp3) is 0.375. The van der Waals surface area contributed by atoms with Gasteiger partial charge in [0.1, 0.15) is 18.4 Å². The predicted molar refractivity (Wildman–Crippen MR) is 133 cm³/mol. The number of carboxylic acids is 1. The van der Waals surface area contributed by atoms with Gasteiger partial charge in [0.25, 0.3) is 10.0 Å². The van der Waals surface area contributed by atoms with Crippen molar-refractivity contribution in [1.29, 1.82) is 5.41 Å². The van der Waals surface area contributed by atoms with Crippen molar-refractivity contribution in [3.63, 3.8) is 0 Å². The van der Waals surface area contributed by atoms with Crippen molar-refractivity contribution in [2.45, 2.75) is 51.2 Å². The molecule has 0 spiro atoms. The normalized spacial score (nSPS) is 11.9. The summed E-state index contributed by atoms with van der Waals surface area (Å²) >= 11 is 0. The van der Waals surface area contributed by atoms with Gasteiger partial charge in [-0.25, -0.2) is 22.3 Å². The van der Waals surface area contributed by atoms with Gasteiger partial charge >= 0.3 is 12.1 Å². The van der Waals surface area contributed by atoms with E-state index in [-0.39, 0.29) is 30.9 Å². The highest BCUT2D eigenvalue weighted by Gasteiger charge is 2.31. The number of aliphatic carboxylic acids is 1. The molecule has 196 valence electrons. The van der Waals surface area contributed by atoms with E-state index in [0.717, 1.165) is 9.87 Å². The average Bonchev–Trinajstić information content (AvgIpc) is 2.81. The summed E-state index contributed by atoms with van der Waals surface area (Å²) in [6, 6.07) is 9.16. The number of hydrogen-bond acceptors (Lipinski definition) is 7. The monoisotopic (exact) mass is 520 g/mol. The first-order chi connectivity index (χ1) is 16.9. The van der Waals surface area contributed by atoms with Crippen LogP contribution in [0.5, 0.6) is 5.75 Å². The highest BCUT2D eigenvalue weighted by atomic mass is 32.2. The third-order valence-electron chi connectivity index (χ3n) is 5.67. The second kappa shape index (κ2) is 12.2. The maximum absolute atomic E-state index is 13.4. The molecule has 0 saturated carbocycles. The first-order valence-electron chi connectivity index (χ1n) is 11.1. The van der Waals surface area contributed by atoms with Gasteiger partial charge in [0, 0.05) is 6.54 Å². The minimum absolute atomic E-state index is 0.00196. The van der Waals surface area contributed by atoms with Crippen LogP contribution in [-0.2, 0) is 26.2 Å². The van der Waals surface area contributed by atoms with Gasteiger partial charge in [-0.05, 0) is 61.9 Å². The zero-order valence-electron chi connectivity index (χ0n) is 20.7. The zero-order valence-corrected chi connectivity index (χ0v) is 21.5. The number of alkyl carbamates (subject to hydrolysis) is 1. The molecule has 0 heterocycles. The summed E-state index contributed by atoms with van der Waals surface area (Å²) in [5.41, 5.74) is 7.86. The van der Waals surface area contributed by atoms with Crippen LogP contribution in [0.15, 0.2) is 41.3 Å². The van der Waals surface area contributed by atoms with Crippen LogP contribution in [0.3, 0.4) is 0 Å². The molecule has 1 atom stereocenters.